The Kier molecular flexibility index (Phi) is 2.03. The molecule has 0 amide bonds. The van der Waals surface area contributed by atoms with Crippen LogP contribution in [0, 0.1) is 0 Å². The predicted molar refractivity (Wildman–Crippen MR) is 56.9 cm³/mol. The Balaban J connectivity index is 1.95. The summed E-state index contributed by atoms with van der Waals surface area (Å²) in [6, 6.07) is 1.96. The number of aromatic nitrogens is 3. The van der Waals surface area contributed by atoms with Crippen LogP contribution in [0.2, 0.25) is 0 Å². The maximum atomic E-state index is 5.29. The Bertz CT molecular complexity index is 461. The van der Waals surface area contributed by atoms with Crippen molar-refractivity contribution in [2.45, 2.75) is 0 Å². The summed E-state index contributed by atoms with van der Waals surface area (Å²) in [5, 5.41) is 0. The summed E-state index contributed by atoms with van der Waals surface area (Å²) in [6.07, 6.45) is 3.70. The van der Waals surface area contributed by atoms with Crippen molar-refractivity contribution >= 4 is 17.0 Å². The molecule has 1 fully saturated rings. The van der Waals surface area contributed by atoms with E-state index in [1.54, 1.807) is 0 Å². The van der Waals surface area contributed by atoms with Crippen LogP contribution in [0.5, 0.6) is 0 Å². The van der Waals surface area contributed by atoms with Gasteiger partial charge in [0.05, 0.1) is 30.4 Å². The van der Waals surface area contributed by atoms with Gasteiger partial charge >= 0.3 is 0 Å². The van der Waals surface area contributed by atoms with E-state index in [0.29, 0.717) is 0 Å². The number of nitrogens with zero attached hydrogens (tertiary/aromatic N) is 3. The van der Waals surface area contributed by atoms with Crippen molar-refractivity contribution in [3.05, 3.63) is 18.5 Å². The molecule has 0 bridgehead atoms. The smallest absolute Gasteiger partial charge is 0.226 e. The number of H-pyrrole nitrogens is 1. The van der Waals surface area contributed by atoms with E-state index < -0.39 is 0 Å². The highest BCUT2D eigenvalue weighted by molar-refractivity contribution is 5.74. The molecule has 0 spiro atoms. The maximum absolute atomic E-state index is 5.29. The monoisotopic (exact) mass is 204 g/mol. The highest BCUT2D eigenvalue weighted by atomic mass is 16.5. The molecule has 1 aliphatic heterocycles. The normalized spacial score (nSPS) is 17.2. The van der Waals surface area contributed by atoms with Crippen LogP contribution < -0.4 is 4.90 Å². The summed E-state index contributed by atoms with van der Waals surface area (Å²) in [6.45, 7) is 3.26. The second kappa shape index (κ2) is 3.51. The first-order valence-corrected chi connectivity index (χ1v) is 5.06. The van der Waals surface area contributed by atoms with Crippen molar-refractivity contribution in [2.24, 2.45) is 0 Å². The zero-order valence-corrected chi connectivity index (χ0v) is 8.31. The lowest BCUT2D eigenvalue weighted by Crippen LogP contribution is -2.37. The second-order valence-corrected chi connectivity index (χ2v) is 3.55. The number of anilines is 1. The van der Waals surface area contributed by atoms with Gasteiger partial charge in [-0.15, -0.1) is 0 Å². The fourth-order valence-electron chi connectivity index (χ4n) is 1.75. The van der Waals surface area contributed by atoms with E-state index >= 15 is 0 Å². The minimum Gasteiger partial charge on any atom is -0.378 e. The molecule has 0 atom stereocenters. The van der Waals surface area contributed by atoms with Crippen LogP contribution in [0.15, 0.2) is 18.5 Å². The Hall–Kier alpha value is -1.62. The van der Waals surface area contributed by atoms with E-state index in [9.17, 15) is 0 Å². The molecule has 78 valence electrons. The number of morpholine rings is 1. The largest absolute Gasteiger partial charge is 0.378 e. The van der Waals surface area contributed by atoms with Crippen molar-refractivity contribution in [1.82, 2.24) is 15.0 Å². The predicted octanol–water partition coefficient (Wildman–Crippen LogP) is 0.794. The topological polar surface area (TPSA) is 54.0 Å². The fraction of sp³-hybridized carbons (Fsp3) is 0.400. The van der Waals surface area contributed by atoms with Gasteiger partial charge in [0.1, 0.15) is 0 Å². The standard InChI is InChI=1S/C10H12N4O/c1-2-11-9-7-12-10(13-8(1)9)14-3-5-15-6-4-14/h1-2,7,11H,3-6H2. The third-order valence-corrected chi connectivity index (χ3v) is 2.58. The Labute approximate surface area is 87.1 Å². The molecule has 0 saturated carbocycles. The van der Waals surface area contributed by atoms with Crippen LogP contribution in [0.1, 0.15) is 0 Å². The summed E-state index contributed by atoms with van der Waals surface area (Å²) in [5.74, 6) is 0.797. The van der Waals surface area contributed by atoms with Crippen LogP contribution in [0.25, 0.3) is 11.0 Å². The van der Waals surface area contributed by atoms with Crippen LogP contribution in [-0.4, -0.2) is 41.3 Å². The Morgan fingerprint density at radius 1 is 1.33 bits per heavy atom. The van der Waals surface area contributed by atoms with Crippen molar-refractivity contribution < 1.29 is 4.74 Å². The summed E-state index contributed by atoms with van der Waals surface area (Å²) in [5.41, 5.74) is 1.94. The maximum Gasteiger partial charge on any atom is 0.226 e. The minimum atomic E-state index is 0.758. The van der Waals surface area contributed by atoms with Crippen molar-refractivity contribution in [2.75, 3.05) is 31.2 Å². The van der Waals surface area contributed by atoms with Gasteiger partial charge in [-0.3, -0.25) is 0 Å². The zero-order chi connectivity index (χ0) is 10.1. The van der Waals surface area contributed by atoms with Gasteiger partial charge in [-0.05, 0) is 6.07 Å². The third kappa shape index (κ3) is 1.55. The van der Waals surface area contributed by atoms with Gasteiger partial charge < -0.3 is 14.6 Å². The number of hydrogen-bond acceptors (Lipinski definition) is 4. The first-order chi connectivity index (χ1) is 7.43. The molecule has 0 unspecified atom stereocenters. The lowest BCUT2D eigenvalue weighted by Gasteiger charge is -2.26. The van der Waals surface area contributed by atoms with E-state index in [0.717, 1.165) is 43.3 Å². The molecule has 2 aromatic heterocycles. The van der Waals surface area contributed by atoms with E-state index in [1.165, 1.54) is 0 Å². The van der Waals surface area contributed by atoms with Gasteiger partial charge in [-0.25, -0.2) is 9.97 Å². The molecule has 15 heavy (non-hydrogen) atoms. The van der Waals surface area contributed by atoms with Crippen LogP contribution >= 0.6 is 0 Å². The molecule has 3 heterocycles. The first-order valence-electron chi connectivity index (χ1n) is 5.06. The summed E-state index contributed by atoms with van der Waals surface area (Å²) in [4.78, 5) is 14.0. The van der Waals surface area contributed by atoms with Crippen LogP contribution in [-0.2, 0) is 4.74 Å². The number of hydrogen-bond donors (Lipinski definition) is 1. The average Bonchev–Trinajstić information content (AvgIpc) is 2.77. The number of rotatable bonds is 1. The number of ether oxygens (including phenoxy) is 1. The quantitative estimate of drug-likeness (QED) is 0.746. The van der Waals surface area contributed by atoms with Gasteiger partial charge in [0.15, 0.2) is 0 Å². The molecular formula is C10H12N4O. The van der Waals surface area contributed by atoms with Crippen LogP contribution in [0.4, 0.5) is 5.95 Å². The highest BCUT2D eigenvalue weighted by Crippen LogP contribution is 2.14. The minimum absolute atomic E-state index is 0.758. The number of fused-ring (bicyclic) bond motifs is 1. The lowest BCUT2D eigenvalue weighted by molar-refractivity contribution is 0.122. The number of aromatic amines is 1. The van der Waals surface area contributed by atoms with Gasteiger partial charge in [-0.2, -0.15) is 0 Å². The molecular weight excluding hydrogens is 192 g/mol. The number of nitrogens with one attached hydrogen (secondary N) is 1. The molecule has 3 rings (SSSR count). The van der Waals surface area contributed by atoms with Crippen molar-refractivity contribution in [1.29, 1.82) is 0 Å². The molecule has 1 aliphatic rings. The van der Waals surface area contributed by atoms with Crippen molar-refractivity contribution in [3.63, 3.8) is 0 Å². The highest BCUT2D eigenvalue weighted by Gasteiger charge is 2.13. The molecule has 0 aliphatic carbocycles. The molecule has 0 aromatic carbocycles. The van der Waals surface area contributed by atoms with Crippen LogP contribution in [0.3, 0.4) is 0 Å². The SMILES string of the molecule is c1cc2nc(N3CCOCC3)ncc2[nH]1. The molecule has 2 aromatic rings. The second-order valence-electron chi connectivity index (χ2n) is 3.55. The molecule has 0 radical (unpaired) electrons. The van der Waals surface area contributed by atoms with E-state index in [2.05, 4.69) is 19.9 Å². The fourth-order valence-corrected chi connectivity index (χ4v) is 1.75. The summed E-state index contributed by atoms with van der Waals surface area (Å²) < 4.78 is 5.29. The van der Waals surface area contributed by atoms with Gasteiger partial charge in [-0.1, -0.05) is 0 Å². The zero-order valence-electron chi connectivity index (χ0n) is 8.31. The summed E-state index contributed by atoms with van der Waals surface area (Å²) in [7, 11) is 0. The average molecular weight is 204 g/mol. The molecule has 5 heteroatoms. The summed E-state index contributed by atoms with van der Waals surface area (Å²) >= 11 is 0. The van der Waals surface area contributed by atoms with E-state index in [1.807, 2.05) is 18.5 Å². The van der Waals surface area contributed by atoms with Gasteiger partial charge in [0, 0.05) is 19.3 Å². The Morgan fingerprint density at radius 3 is 3.07 bits per heavy atom. The molecule has 1 saturated heterocycles. The molecule has 1 N–H and O–H groups in total. The van der Waals surface area contributed by atoms with Gasteiger partial charge in [0.25, 0.3) is 0 Å². The lowest BCUT2D eigenvalue weighted by atomic mass is 10.4. The van der Waals surface area contributed by atoms with Crippen molar-refractivity contribution in [3.8, 4) is 0 Å². The first kappa shape index (κ1) is 8.67. The van der Waals surface area contributed by atoms with E-state index in [4.69, 9.17) is 4.74 Å². The van der Waals surface area contributed by atoms with Gasteiger partial charge in [0.2, 0.25) is 5.95 Å². The van der Waals surface area contributed by atoms with E-state index in [-0.39, 0.29) is 0 Å². The Morgan fingerprint density at radius 2 is 2.20 bits per heavy atom. The molecule has 5 nitrogen and oxygen atoms in total. The third-order valence-electron chi connectivity index (χ3n) is 2.58.